The van der Waals surface area contributed by atoms with E-state index < -0.39 is 0 Å². The van der Waals surface area contributed by atoms with Crippen molar-refractivity contribution in [3.8, 4) is 5.69 Å². The van der Waals surface area contributed by atoms with Crippen LogP contribution in [0, 0.1) is 6.92 Å². The molecular weight excluding hydrogens is 346 g/mol. The number of thioether (sulfide) groups is 1. The van der Waals surface area contributed by atoms with E-state index in [1.165, 1.54) is 4.57 Å². The molecule has 0 fully saturated rings. The first-order valence-corrected chi connectivity index (χ1v) is 9.20. The van der Waals surface area contributed by atoms with Crippen molar-refractivity contribution in [2.75, 3.05) is 5.75 Å². The number of nitrogens with one attached hydrogen (secondary N) is 1. The van der Waals surface area contributed by atoms with Crippen LogP contribution in [0.1, 0.15) is 11.1 Å². The quantitative estimate of drug-likeness (QED) is 0.682. The van der Waals surface area contributed by atoms with Crippen LogP contribution in [0.2, 0.25) is 0 Å². The van der Waals surface area contributed by atoms with E-state index in [0.29, 0.717) is 11.6 Å². The largest absolute Gasteiger partial charge is 0.351 e. The molecule has 0 radical (unpaired) electrons. The Hall–Kier alpha value is -2.86. The Balaban J connectivity index is 1.63. The number of carbonyl (C=O) groups is 1. The molecule has 1 amide bonds. The third-order valence-corrected chi connectivity index (χ3v) is 4.75. The fourth-order valence-electron chi connectivity index (χ4n) is 2.38. The Morgan fingerprint density at radius 1 is 1.12 bits per heavy atom. The molecule has 132 valence electrons. The summed E-state index contributed by atoms with van der Waals surface area (Å²) >= 11 is 1.15. The van der Waals surface area contributed by atoms with Gasteiger partial charge >= 0.3 is 0 Å². The zero-order valence-corrected chi connectivity index (χ0v) is 15.2. The van der Waals surface area contributed by atoms with E-state index in [4.69, 9.17) is 0 Å². The Labute approximate surface area is 156 Å². The molecule has 0 aliphatic rings. The highest BCUT2D eigenvalue weighted by molar-refractivity contribution is 7.99. The summed E-state index contributed by atoms with van der Waals surface area (Å²) in [7, 11) is 0. The van der Waals surface area contributed by atoms with E-state index in [9.17, 15) is 9.59 Å². The summed E-state index contributed by atoms with van der Waals surface area (Å²) in [5, 5.41) is 3.15. The molecule has 0 unspecified atom stereocenters. The zero-order valence-electron chi connectivity index (χ0n) is 14.4. The summed E-state index contributed by atoms with van der Waals surface area (Å²) in [5.74, 6) is 0.0123. The van der Waals surface area contributed by atoms with Gasteiger partial charge in [-0.2, -0.15) is 0 Å². The highest BCUT2D eigenvalue weighted by atomic mass is 32.2. The van der Waals surface area contributed by atoms with Gasteiger partial charge < -0.3 is 5.32 Å². The van der Waals surface area contributed by atoms with Gasteiger partial charge in [-0.15, -0.1) is 0 Å². The molecule has 6 heteroatoms. The van der Waals surface area contributed by atoms with Crippen LogP contribution < -0.4 is 10.9 Å². The standard InChI is InChI=1S/C20H19N3O2S/c1-15-7-9-17(10-8-15)23-12-11-21-19(20(23)25)26-14-18(24)22-13-16-5-3-2-4-6-16/h2-12H,13-14H2,1H3,(H,22,24). The number of hydrogen-bond donors (Lipinski definition) is 1. The van der Waals surface area contributed by atoms with Gasteiger partial charge in [0, 0.05) is 24.6 Å². The van der Waals surface area contributed by atoms with Crippen LogP contribution in [0.25, 0.3) is 5.69 Å². The van der Waals surface area contributed by atoms with Crippen molar-refractivity contribution >= 4 is 17.7 Å². The molecule has 5 nitrogen and oxygen atoms in total. The minimum atomic E-state index is -0.225. The lowest BCUT2D eigenvalue weighted by Gasteiger charge is -2.08. The molecular formula is C20H19N3O2S. The monoisotopic (exact) mass is 365 g/mol. The maximum Gasteiger partial charge on any atom is 0.287 e. The SMILES string of the molecule is Cc1ccc(-n2ccnc(SCC(=O)NCc3ccccc3)c2=O)cc1. The molecule has 1 aromatic heterocycles. The van der Waals surface area contributed by atoms with Crippen molar-refractivity contribution in [2.24, 2.45) is 0 Å². The van der Waals surface area contributed by atoms with Crippen LogP contribution in [-0.4, -0.2) is 21.2 Å². The van der Waals surface area contributed by atoms with Crippen molar-refractivity contribution in [2.45, 2.75) is 18.5 Å². The van der Waals surface area contributed by atoms with Gasteiger partial charge in [-0.25, -0.2) is 4.98 Å². The third kappa shape index (κ3) is 4.61. The molecule has 0 saturated heterocycles. The smallest absolute Gasteiger partial charge is 0.287 e. The van der Waals surface area contributed by atoms with E-state index in [1.807, 2.05) is 61.5 Å². The van der Waals surface area contributed by atoms with Gasteiger partial charge in [0.05, 0.1) is 5.75 Å². The average molecular weight is 365 g/mol. The Morgan fingerprint density at radius 2 is 1.85 bits per heavy atom. The molecule has 26 heavy (non-hydrogen) atoms. The Bertz CT molecular complexity index is 937. The Kier molecular flexibility index (Phi) is 5.86. The van der Waals surface area contributed by atoms with Gasteiger partial charge in [0.1, 0.15) is 0 Å². The van der Waals surface area contributed by atoms with Crippen LogP contribution in [0.15, 0.2) is 76.8 Å². The molecule has 0 aliphatic heterocycles. The third-order valence-electron chi connectivity index (χ3n) is 3.79. The second-order valence-corrected chi connectivity index (χ2v) is 6.76. The molecule has 3 aromatic rings. The van der Waals surface area contributed by atoms with Gasteiger partial charge in [-0.1, -0.05) is 59.8 Å². The van der Waals surface area contributed by atoms with Gasteiger partial charge in [-0.3, -0.25) is 14.2 Å². The first-order valence-electron chi connectivity index (χ1n) is 8.21. The average Bonchev–Trinajstić information content (AvgIpc) is 2.67. The van der Waals surface area contributed by atoms with E-state index >= 15 is 0 Å². The number of benzene rings is 2. The second kappa shape index (κ2) is 8.49. The lowest BCUT2D eigenvalue weighted by atomic mass is 10.2. The molecule has 1 N–H and O–H groups in total. The number of hydrogen-bond acceptors (Lipinski definition) is 4. The molecule has 0 atom stereocenters. The van der Waals surface area contributed by atoms with E-state index in [2.05, 4.69) is 10.3 Å². The van der Waals surface area contributed by atoms with Crippen LogP contribution in [0.5, 0.6) is 0 Å². The van der Waals surface area contributed by atoms with Crippen molar-refractivity contribution < 1.29 is 4.79 Å². The maximum absolute atomic E-state index is 12.6. The van der Waals surface area contributed by atoms with Crippen molar-refractivity contribution in [3.05, 3.63) is 88.5 Å². The van der Waals surface area contributed by atoms with Gasteiger partial charge in [0.25, 0.3) is 5.56 Å². The number of rotatable bonds is 6. The van der Waals surface area contributed by atoms with E-state index in [-0.39, 0.29) is 17.2 Å². The normalized spacial score (nSPS) is 10.5. The van der Waals surface area contributed by atoms with Gasteiger partial charge in [-0.05, 0) is 24.6 Å². The van der Waals surface area contributed by atoms with Crippen LogP contribution >= 0.6 is 11.8 Å². The molecule has 0 aliphatic carbocycles. The van der Waals surface area contributed by atoms with Gasteiger partial charge in [0.2, 0.25) is 5.91 Å². The molecule has 3 rings (SSSR count). The number of carbonyl (C=O) groups excluding carboxylic acids is 1. The maximum atomic E-state index is 12.6. The predicted molar refractivity (Wildman–Crippen MR) is 104 cm³/mol. The number of amides is 1. The second-order valence-electron chi connectivity index (χ2n) is 5.79. The molecule has 1 heterocycles. The van der Waals surface area contributed by atoms with Crippen LogP contribution in [0.3, 0.4) is 0 Å². The fraction of sp³-hybridized carbons (Fsp3) is 0.150. The van der Waals surface area contributed by atoms with Crippen LogP contribution in [-0.2, 0) is 11.3 Å². The first-order chi connectivity index (χ1) is 12.6. The number of aryl methyl sites for hydroxylation is 1. The highest BCUT2D eigenvalue weighted by Crippen LogP contribution is 2.12. The number of nitrogens with zero attached hydrogens (tertiary/aromatic N) is 2. The van der Waals surface area contributed by atoms with E-state index in [0.717, 1.165) is 28.6 Å². The first kappa shape index (κ1) is 17.9. The Morgan fingerprint density at radius 3 is 2.58 bits per heavy atom. The minimum absolute atomic E-state index is 0.134. The van der Waals surface area contributed by atoms with Crippen LogP contribution in [0.4, 0.5) is 0 Å². The van der Waals surface area contributed by atoms with E-state index in [1.54, 1.807) is 12.4 Å². The summed E-state index contributed by atoms with van der Waals surface area (Å²) < 4.78 is 1.54. The van der Waals surface area contributed by atoms with Crippen molar-refractivity contribution in [1.82, 2.24) is 14.9 Å². The van der Waals surface area contributed by atoms with Gasteiger partial charge in [0.15, 0.2) is 5.03 Å². The highest BCUT2D eigenvalue weighted by Gasteiger charge is 2.10. The molecule has 0 spiro atoms. The number of aromatic nitrogens is 2. The summed E-state index contributed by atoms with van der Waals surface area (Å²) in [5.41, 5.74) is 2.71. The predicted octanol–water partition coefficient (Wildman–Crippen LogP) is 2.95. The summed E-state index contributed by atoms with van der Waals surface area (Å²) in [4.78, 5) is 28.7. The topological polar surface area (TPSA) is 64.0 Å². The lowest BCUT2D eigenvalue weighted by Crippen LogP contribution is -2.26. The summed E-state index contributed by atoms with van der Waals surface area (Å²) in [6.07, 6.45) is 3.21. The van der Waals surface area contributed by atoms with Crippen molar-refractivity contribution in [1.29, 1.82) is 0 Å². The minimum Gasteiger partial charge on any atom is -0.351 e. The summed E-state index contributed by atoms with van der Waals surface area (Å²) in [6.45, 7) is 2.46. The van der Waals surface area contributed by atoms with Crippen molar-refractivity contribution in [3.63, 3.8) is 0 Å². The fourth-order valence-corrected chi connectivity index (χ4v) is 3.11. The zero-order chi connectivity index (χ0) is 18.4. The molecule has 0 saturated carbocycles. The molecule has 0 bridgehead atoms. The lowest BCUT2D eigenvalue weighted by molar-refractivity contribution is -0.118. The summed E-state index contributed by atoms with van der Waals surface area (Å²) in [6, 6.07) is 17.4. The molecule has 2 aromatic carbocycles.